The van der Waals surface area contributed by atoms with Crippen LogP contribution < -0.4 is 15.0 Å². The average molecular weight is 361 g/mol. The molecule has 26 heavy (non-hydrogen) atoms. The molecule has 144 valence electrons. The summed E-state index contributed by atoms with van der Waals surface area (Å²) >= 11 is 0. The first-order valence-electron chi connectivity index (χ1n) is 9.34. The number of piperazine rings is 1. The van der Waals surface area contributed by atoms with Crippen molar-refractivity contribution in [1.29, 1.82) is 0 Å². The molecule has 1 atom stereocenters. The van der Waals surface area contributed by atoms with E-state index in [-0.39, 0.29) is 6.10 Å². The minimum atomic E-state index is 0.226. The number of rotatable bonds is 4. The summed E-state index contributed by atoms with van der Waals surface area (Å²) in [4.78, 5) is 11.5. The molecule has 1 aromatic rings. The van der Waals surface area contributed by atoms with E-state index in [1.54, 1.807) is 7.11 Å². The second-order valence-corrected chi connectivity index (χ2v) is 6.86. The van der Waals surface area contributed by atoms with E-state index in [4.69, 9.17) is 9.47 Å². The summed E-state index contributed by atoms with van der Waals surface area (Å²) in [6.07, 6.45) is 0.226. The highest BCUT2D eigenvalue weighted by atomic mass is 16.5. The fourth-order valence-electron chi connectivity index (χ4n) is 3.51. The second-order valence-electron chi connectivity index (χ2n) is 6.86. The van der Waals surface area contributed by atoms with Crippen molar-refractivity contribution in [2.24, 2.45) is 4.99 Å². The Hall–Kier alpha value is -1.99. The van der Waals surface area contributed by atoms with Crippen LogP contribution in [0.2, 0.25) is 0 Å². The number of ether oxygens (including phenoxy) is 2. The van der Waals surface area contributed by atoms with Crippen molar-refractivity contribution in [1.82, 2.24) is 15.1 Å². The van der Waals surface area contributed by atoms with Gasteiger partial charge >= 0.3 is 0 Å². The van der Waals surface area contributed by atoms with Gasteiger partial charge in [0.1, 0.15) is 5.75 Å². The van der Waals surface area contributed by atoms with E-state index in [1.807, 2.05) is 19.2 Å². The third kappa shape index (κ3) is 4.80. The zero-order chi connectivity index (χ0) is 18.4. The fourth-order valence-corrected chi connectivity index (χ4v) is 3.51. The van der Waals surface area contributed by atoms with E-state index in [0.29, 0.717) is 0 Å². The number of methoxy groups -OCH3 is 1. The van der Waals surface area contributed by atoms with Crippen LogP contribution in [-0.4, -0.2) is 95.5 Å². The predicted octanol–water partition coefficient (Wildman–Crippen LogP) is 0.723. The lowest BCUT2D eigenvalue weighted by Crippen LogP contribution is -2.54. The van der Waals surface area contributed by atoms with Crippen LogP contribution in [0.3, 0.4) is 0 Å². The zero-order valence-corrected chi connectivity index (χ0v) is 16.1. The van der Waals surface area contributed by atoms with Gasteiger partial charge in [-0.1, -0.05) is 6.07 Å². The molecule has 1 unspecified atom stereocenters. The number of hydrogen-bond donors (Lipinski definition) is 1. The van der Waals surface area contributed by atoms with Gasteiger partial charge < -0.3 is 29.5 Å². The van der Waals surface area contributed by atoms with Crippen molar-refractivity contribution in [2.75, 3.05) is 78.5 Å². The van der Waals surface area contributed by atoms with Gasteiger partial charge in [-0.2, -0.15) is 0 Å². The Labute approximate surface area is 156 Å². The first-order valence-corrected chi connectivity index (χ1v) is 9.34. The smallest absolute Gasteiger partial charge is 0.193 e. The number of guanidine groups is 1. The van der Waals surface area contributed by atoms with E-state index < -0.39 is 0 Å². The molecule has 1 aromatic carbocycles. The molecule has 7 nitrogen and oxygen atoms in total. The summed E-state index contributed by atoms with van der Waals surface area (Å²) in [7, 11) is 5.70. The molecular formula is C19H31N5O2. The van der Waals surface area contributed by atoms with Gasteiger partial charge in [0.2, 0.25) is 0 Å². The minimum absolute atomic E-state index is 0.226. The maximum atomic E-state index is 5.83. The van der Waals surface area contributed by atoms with Crippen molar-refractivity contribution in [3.63, 3.8) is 0 Å². The van der Waals surface area contributed by atoms with Crippen LogP contribution in [0.1, 0.15) is 0 Å². The minimum Gasteiger partial charge on any atom is -0.497 e. The molecule has 3 rings (SSSR count). The molecule has 1 N–H and O–H groups in total. The number of nitrogens with one attached hydrogen (secondary N) is 1. The van der Waals surface area contributed by atoms with Crippen LogP contribution in [0.4, 0.5) is 5.69 Å². The highest BCUT2D eigenvalue weighted by Crippen LogP contribution is 2.22. The summed E-state index contributed by atoms with van der Waals surface area (Å²) in [5.41, 5.74) is 1.21. The normalized spacial score (nSPS) is 22.4. The van der Waals surface area contributed by atoms with Crippen molar-refractivity contribution >= 4 is 11.6 Å². The third-order valence-corrected chi connectivity index (χ3v) is 5.04. The molecule has 0 aromatic heterocycles. The molecular weight excluding hydrogens is 330 g/mol. The van der Waals surface area contributed by atoms with Gasteiger partial charge in [-0.05, 0) is 19.2 Å². The lowest BCUT2D eigenvalue weighted by Gasteiger charge is -2.38. The number of anilines is 1. The van der Waals surface area contributed by atoms with Crippen molar-refractivity contribution < 1.29 is 9.47 Å². The van der Waals surface area contributed by atoms with Crippen molar-refractivity contribution in [2.45, 2.75) is 6.10 Å². The van der Waals surface area contributed by atoms with Crippen LogP contribution in [0, 0.1) is 0 Å². The molecule has 0 spiro atoms. The topological polar surface area (TPSA) is 52.6 Å². The van der Waals surface area contributed by atoms with Gasteiger partial charge in [0, 0.05) is 64.6 Å². The summed E-state index contributed by atoms with van der Waals surface area (Å²) in [5.74, 6) is 1.87. The number of aliphatic imine (C=N–C) groups is 1. The fraction of sp³-hybridized carbons (Fsp3) is 0.632. The SMILES string of the molecule is CN=C(NCC1CN(C)CCO1)N1CCN(c2cccc(OC)c2)CC1. The molecule has 0 amide bonds. The molecule has 2 aliphatic rings. The third-order valence-electron chi connectivity index (χ3n) is 5.04. The molecule has 2 aliphatic heterocycles. The molecule has 2 fully saturated rings. The Bertz CT molecular complexity index is 601. The lowest BCUT2D eigenvalue weighted by molar-refractivity contribution is -0.0163. The van der Waals surface area contributed by atoms with E-state index in [9.17, 15) is 0 Å². The number of morpholine rings is 1. The first kappa shape index (κ1) is 18.8. The summed E-state index contributed by atoms with van der Waals surface area (Å²) < 4.78 is 11.2. The van der Waals surface area contributed by atoms with Gasteiger partial charge in [-0.25, -0.2) is 0 Å². The van der Waals surface area contributed by atoms with Crippen LogP contribution in [0.25, 0.3) is 0 Å². The summed E-state index contributed by atoms with van der Waals surface area (Å²) in [5, 5.41) is 3.49. The maximum Gasteiger partial charge on any atom is 0.193 e. The van der Waals surface area contributed by atoms with Gasteiger partial charge in [-0.3, -0.25) is 4.99 Å². The Kier molecular flexibility index (Phi) is 6.57. The Morgan fingerprint density at radius 1 is 1.27 bits per heavy atom. The van der Waals surface area contributed by atoms with Gasteiger partial charge in [0.25, 0.3) is 0 Å². The van der Waals surface area contributed by atoms with Crippen LogP contribution >= 0.6 is 0 Å². The molecule has 2 saturated heterocycles. The summed E-state index contributed by atoms with van der Waals surface area (Å²) in [6.45, 7) is 7.41. The second kappa shape index (κ2) is 9.09. The molecule has 2 heterocycles. The van der Waals surface area contributed by atoms with E-state index in [0.717, 1.165) is 64.1 Å². The number of nitrogens with zero attached hydrogens (tertiary/aromatic N) is 4. The number of hydrogen-bond acceptors (Lipinski definition) is 5. The number of likely N-dealkylation sites (N-methyl/N-ethyl adjacent to an activating group) is 1. The van der Waals surface area contributed by atoms with Gasteiger partial charge in [0.05, 0.1) is 19.8 Å². The Morgan fingerprint density at radius 2 is 2.08 bits per heavy atom. The largest absolute Gasteiger partial charge is 0.497 e. The Morgan fingerprint density at radius 3 is 2.77 bits per heavy atom. The van der Waals surface area contributed by atoms with Crippen molar-refractivity contribution in [3.8, 4) is 5.75 Å². The van der Waals surface area contributed by atoms with Gasteiger partial charge in [0.15, 0.2) is 5.96 Å². The van der Waals surface area contributed by atoms with Crippen LogP contribution in [0.15, 0.2) is 29.3 Å². The highest BCUT2D eigenvalue weighted by Gasteiger charge is 2.22. The maximum absolute atomic E-state index is 5.83. The standard InChI is InChI=1S/C19H31N5O2/c1-20-19(21-14-18-15-22(2)11-12-26-18)24-9-7-23(8-10-24)16-5-4-6-17(13-16)25-3/h4-6,13,18H,7-12,14-15H2,1-3H3,(H,20,21). The molecule has 0 saturated carbocycles. The monoisotopic (exact) mass is 361 g/mol. The van der Waals surface area contributed by atoms with Crippen LogP contribution in [0.5, 0.6) is 5.75 Å². The molecule has 0 radical (unpaired) electrons. The molecule has 0 aliphatic carbocycles. The predicted molar refractivity (Wildman–Crippen MR) is 105 cm³/mol. The average Bonchev–Trinajstić information content (AvgIpc) is 2.69. The number of benzene rings is 1. The summed E-state index contributed by atoms with van der Waals surface area (Å²) in [6, 6.07) is 8.26. The molecule has 0 bridgehead atoms. The van der Waals surface area contributed by atoms with Crippen molar-refractivity contribution in [3.05, 3.63) is 24.3 Å². The van der Waals surface area contributed by atoms with E-state index >= 15 is 0 Å². The van der Waals surface area contributed by atoms with E-state index in [1.165, 1.54) is 5.69 Å². The quantitative estimate of drug-likeness (QED) is 0.630. The first-order chi connectivity index (χ1) is 12.7. The van der Waals surface area contributed by atoms with Gasteiger partial charge in [-0.15, -0.1) is 0 Å². The molecule has 7 heteroatoms. The highest BCUT2D eigenvalue weighted by molar-refractivity contribution is 5.80. The van der Waals surface area contributed by atoms with E-state index in [2.05, 4.69) is 44.2 Å². The lowest BCUT2D eigenvalue weighted by atomic mass is 10.2. The Balaban J connectivity index is 1.49. The van der Waals surface area contributed by atoms with Crippen LogP contribution in [-0.2, 0) is 4.74 Å². The zero-order valence-electron chi connectivity index (χ0n) is 16.1.